The highest BCUT2D eigenvalue weighted by molar-refractivity contribution is 7.99. The predicted molar refractivity (Wildman–Crippen MR) is 133 cm³/mol. The number of anilines is 2. The first-order valence-corrected chi connectivity index (χ1v) is 12.2. The van der Waals surface area contributed by atoms with Gasteiger partial charge in [-0.1, -0.05) is 53.7 Å². The number of imide groups is 1. The van der Waals surface area contributed by atoms with Gasteiger partial charge in [-0.15, -0.1) is 0 Å². The summed E-state index contributed by atoms with van der Waals surface area (Å²) in [6, 6.07) is 25.0. The van der Waals surface area contributed by atoms with Gasteiger partial charge < -0.3 is 4.90 Å². The standard InChI is InChI=1S/C26H24ClN3O2S/c27-19-10-12-21(13-11-19)33-24-9-5-4-8-22(24)30-25(31)18-23(26(30)32)29-16-14-28(15-17-29)20-6-2-1-3-7-20/h1-13,23H,14-18H2/t23-/m1/s1. The van der Waals surface area contributed by atoms with E-state index in [-0.39, 0.29) is 18.2 Å². The smallest absolute Gasteiger partial charge is 0.251 e. The van der Waals surface area contributed by atoms with E-state index in [4.69, 9.17) is 11.6 Å². The van der Waals surface area contributed by atoms with Gasteiger partial charge in [0.2, 0.25) is 5.91 Å². The minimum atomic E-state index is -0.399. The molecule has 33 heavy (non-hydrogen) atoms. The molecule has 0 saturated carbocycles. The van der Waals surface area contributed by atoms with Crippen LogP contribution in [0.15, 0.2) is 88.7 Å². The van der Waals surface area contributed by atoms with E-state index in [1.807, 2.05) is 66.7 Å². The monoisotopic (exact) mass is 477 g/mol. The molecule has 0 bridgehead atoms. The Bertz CT molecular complexity index is 1150. The molecule has 7 heteroatoms. The van der Waals surface area contributed by atoms with Gasteiger partial charge >= 0.3 is 0 Å². The molecule has 0 aliphatic carbocycles. The highest BCUT2D eigenvalue weighted by atomic mass is 35.5. The van der Waals surface area contributed by atoms with Crippen molar-refractivity contribution >= 4 is 46.6 Å². The van der Waals surface area contributed by atoms with Crippen molar-refractivity contribution in [2.75, 3.05) is 36.0 Å². The molecule has 2 aliphatic rings. The summed E-state index contributed by atoms with van der Waals surface area (Å²) < 4.78 is 0. The largest absolute Gasteiger partial charge is 0.369 e. The maximum absolute atomic E-state index is 13.4. The van der Waals surface area contributed by atoms with Crippen molar-refractivity contribution < 1.29 is 9.59 Å². The van der Waals surface area contributed by atoms with E-state index in [2.05, 4.69) is 21.9 Å². The Balaban J connectivity index is 1.31. The molecule has 0 aromatic heterocycles. The van der Waals surface area contributed by atoms with Crippen LogP contribution in [0.5, 0.6) is 0 Å². The van der Waals surface area contributed by atoms with Crippen molar-refractivity contribution in [2.24, 2.45) is 0 Å². The summed E-state index contributed by atoms with van der Waals surface area (Å²) in [7, 11) is 0. The van der Waals surface area contributed by atoms with E-state index in [0.717, 1.165) is 36.0 Å². The molecule has 2 saturated heterocycles. The molecule has 0 unspecified atom stereocenters. The van der Waals surface area contributed by atoms with Crippen LogP contribution in [0, 0.1) is 0 Å². The van der Waals surface area contributed by atoms with Gasteiger partial charge in [-0.05, 0) is 48.5 Å². The molecule has 3 aromatic rings. The van der Waals surface area contributed by atoms with Crippen LogP contribution < -0.4 is 9.80 Å². The predicted octanol–water partition coefficient (Wildman–Crippen LogP) is 4.95. The van der Waals surface area contributed by atoms with Crippen LogP contribution >= 0.6 is 23.4 Å². The lowest BCUT2D eigenvalue weighted by molar-refractivity contribution is -0.123. The second-order valence-corrected chi connectivity index (χ2v) is 9.72. The molecule has 5 rings (SSSR count). The van der Waals surface area contributed by atoms with Gasteiger partial charge in [-0.25, -0.2) is 4.90 Å². The summed E-state index contributed by atoms with van der Waals surface area (Å²) in [6.07, 6.45) is 0.226. The maximum atomic E-state index is 13.4. The number of hydrogen-bond acceptors (Lipinski definition) is 5. The second-order valence-electron chi connectivity index (χ2n) is 8.17. The highest BCUT2D eigenvalue weighted by Crippen LogP contribution is 2.38. The van der Waals surface area contributed by atoms with Crippen molar-refractivity contribution in [1.29, 1.82) is 0 Å². The number of benzene rings is 3. The lowest BCUT2D eigenvalue weighted by Gasteiger charge is -2.38. The summed E-state index contributed by atoms with van der Waals surface area (Å²) in [5.41, 5.74) is 1.85. The van der Waals surface area contributed by atoms with E-state index in [0.29, 0.717) is 10.7 Å². The molecule has 0 N–H and O–H groups in total. The first kappa shape index (κ1) is 22.0. The summed E-state index contributed by atoms with van der Waals surface area (Å²) in [5, 5.41) is 0.674. The fourth-order valence-electron chi connectivity index (χ4n) is 4.44. The van der Waals surface area contributed by atoms with Crippen LogP contribution in [-0.2, 0) is 9.59 Å². The lowest BCUT2D eigenvalue weighted by Crippen LogP contribution is -2.52. The molecule has 0 spiro atoms. The number of para-hydroxylation sites is 2. The third kappa shape index (κ3) is 4.64. The van der Waals surface area contributed by atoms with Crippen molar-refractivity contribution in [3.8, 4) is 0 Å². The minimum absolute atomic E-state index is 0.127. The molecule has 3 aromatic carbocycles. The number of carbonyl (C=O) groups excluding carboxylic acids is 2. The zero-order chi connectivity index (χ0) is 22.8. The van der Waals surface area contributed by atoms with Crippen molar-refractivity contribution in [1.82, 2.24) is 4.90 Å². The van der Waals surface area contributed by atoms with Crippen LogP contribution in [0.25, 0.3) is 0 Å². The molecule has 2 amide bonds. The van der Waals surface area contributed by atoms with Gasteiger partial charge in [0.05, 0.1) is 18.2 Å². The normalized spacial score (nSPS) is 19.4. The van der Waals surface area contributed by atoms with Gasteiger partial charge in [0.1, 0.15) is 0 Å². The first-order valence-electron chi connectivity index (χ1n) is 11.0. The second kappa shape index (κ2) is 9.59. The third-order valence-electron chi connectivity index (χ3n) is 6.15. The third-order valence-corrected chi connectivity index (χ3v) is 7.47. The number of hydrogen-bond donors (Lipinski definition) is 0. The Kier molecular flexibility index (Phi) is 6.40. The molecule has 2 aliphatic heterocycles. The van der Waals surface area contributed by atoms with Crippen molar-refractivity contribution in [3.63, 3.8) is 0 Å². The zero-order valence-electron chi connectivity index (χ0n) is 18.1. The first-order chi connectivity index (χ1) is 16.1. The quantitative estimate of drug-likeness (QED) is 0.487. The molecule has 2 heterocycles. The number of nitrogens with zero attached hydrogens (tertiary/aromatic N) is 3. The number of halogens is 1. The summed E-state index contributed by atoms with van der Waals surface area (Å²) in [5.74, 6) is -0.267. The Hall–Kier alpha value is -2.80. The van der Waals surface area contributed by atoms with E-state index >= 15 is 0 Å². The molecule has 1 atom stereocenters. The molecule has 5 nitrogen and oxygen atoms in total. The Morgan fingerprint density at radius 1 is 0.788 bits per heavy atom. The Labute approximate surface area is 202 Å². The van der Waals surface area contributed by atoms with Gasteiger partial charge in [0, 0.05) is 46.7 Å². The summed E-state index contributed by atoms with van der Waals surface area (Å²) >= 11 is 7.53. The Morgan fingerprint density at radius 2 is 1.45 bits per heavy atom. The van der Waals surface area contributed by atoms with Gasteiger partial charge in [-0.2, -0.15) is 0 Å². The Morgan fingerprint density at radius 3 is 2.18 bits per heavy atom. The molecular formula is C26H24ClN3O2S. The fourth-order valence-corrected chi connectivity index (χ4v) is 5.51. The molecule has 2 fully saturated rings. The summed E-state index contributed by atoms with van der Waals surface area (Å²) in [4.78, 5) is 34.2. The highest BCUT2D eigenvalue weighted by Gasteiger charge is 2.44. The van der Waals surface area contributed by atoms with E-state index in [1.165, 1.54) is 22.3 Å². The van der Waals surface area contributed by atoms with Gasteiger partial charge in [0.15, 0.2) is 0 Å². The fraction of sp³-hybridized carbons (Fsp3) is 0.231. The maximum Gasteiger partial charge on any atom is 0.251 e. The number of amides is 2. The number of piperazine rings is 1. The van der Waals surface area contributed by atoms with Gasteiger partial charge in [-0.3, -0.25) is 14.5 Å². The van der Waals surface area contributed by atoms with Crippen molar-refractivity contribution in [2.45, 2.75) is 22.3 Å². The molecule has 168 valence electrons. The van der Waals surface area contributed by atoms with Crippen molar-refractivity contribution in [3.05, 3.63) is 83.9 Å². The minimum Gasteiger partial charge on any atom is -0.369 e. The summed E-state index contributed by atoms with van der Waals surface area (Å²) in [6.45, 7) is 3.19. The van der Waals surface area contributed by atoms with Gasteiger partial charge in [0.25, 0.3) is 5.91 Å². The zero-order valence-corrected chi connectivity index (χ0v) is 19.6. The van der Waals surface area contributed by atoms with E-state index in [9.17, 15) is 9.59 Å². The topological polar surface area (TPSA) is 43.9 Å². The molecule has 0 radical (unpaired) electrons. The van der Waals surface area contributed by atoms with E-state index < -0.39 is 6.04 Å². The van der Waals surface area contributed by atoms with Crippen LogP contribution in [0.1, 0.15) is 6.42 Å². The molecular weight excluding hydrogens is 454 g/mol. The van der Waals surface area contributed by atoms with Crippen LogP contribution in [0.2, 0.25) is 5.02 Å². The number of rotatable bonds is 5. The average Bonchev–Trinajstić information content (AvgIpc) is 3.15. The lowest BCUT2D eigenvalue weighted by atomic mass is 10.1. The number of carbonyl (C=O) groups is 2. The SMILES string of the molecule is O=C1C[C@@H](N2CCN(c3ccccc3)CC2)C(=O)N1c1ccccc1Sc1ccc(Cl)cc1. The van der Waals surface area contributed by atoms with Crippen LogP contribution in [-0.4, -0.2) is 48.9 Å². The van der Waals surface area contributed by atoms with Crippen LogP contribution in [0.4, 0.5) is 11.4 Å². The van der Waals surface area contributed by atoms with Crippen LogP contribution in [0.3, 0.4) is 0 Å². The van der Waals surface area contributed by atoms with E-state index in [1.54, 1.807) is 0 Å². The average molecular weight is 478 g/mol.